The molecule has 0 spiro atoms. The first-order chi connectivity index (χ1) is 12.6. The zero-order valence-electron chi connectivity index (χ0n) is 13.3. The summed E-state index contributed by atoms with van der Waals surface area (Å²) in [5.41, 5.74) is 0. The number of anilines is 1. The topological polar surface area (TPSA) is 86.5 Å². The summed E-state index contributed by atoms with van der Waals surface area (Å²) in [4.78, 5) is 11.9. The second-order valence-electron chi connectivity index (χ2n) is 5.01. The molecule has 1 aromatic heterocycles. The number of carbonyl (C=O) groups excluding carboxylic acids is 1. The molecule has 0 atom stereocenters. The van der Waals surface area contributed by atoms with Crippen molar-refractivity contribution in [3.63, 3.8) is 0 Å². The van der Waals surface area contributed by atoms with E-state index in [1.54, 1.807) is 24.3 Å². The van der Waals surface area contributed by atoms with Gasteiger partial charge in [-0.25, -0.2) is 0 Å². The molecule has 0 saturated carbocycles. The minimum absolute atomic E-state index is 0.0486. The van der Waals surface area contributed by atoms with Gasteiger partial charge in [0.1, 0.15) is 11.5 Å². The summed E-state index contributed by atoms with van der Waals surface area (Å²) in [6.07, 6.45) is 0. The van der Waals surface area contributed by atoms with Crippen molar-refractivity contribution in [1.29, 1.82) is 0 Å². The average molecular weight is 394 g/mol. The lowest BCUT2D eigenvalue weighted by molar-refractivity contribution is -0.118. The van der Waals surface area contributed by atoms with Crippen LogP contribution in [-0.4, -0.2) is 22.7 Å². The summed E-state index contributed by atoms with van der Waals surface area (Å²) in [6.45, 7) is -0.191. The van der Waals surface area contributed by atoms with Gasteiger partial charge in [0, 0.05) is 5.02 Å². The van der Waals surface area contributed by atoms with Gasteiger partial charge in [0.05, 0.1) is 5.02 Å². The number of hydrogen-bond acceptors (Lipinski definition) is 6. The van der Waals surface area contributed by atoms with E-state index >= 15 is 0 Å². The van der Waals surface area contributed by atoms with E-state index in [2.05, 4.69) is 15.5 Å². The smallest absolute Gasteiger partial charge is 0.322 e. The van der Waals surface area contributed by atoms with Crippen LogP contribution in [0.4, 0.5) is 6.01 Å². The van der Waals surface area contributed by atoms with E-state index in [0.29, 0.717) is 21.5 Å². The van der Waals surface area contributed by atoms with Crippen molar-refractivity contribution in [2.24, 2.45) is 0 Å². The van der Waals surface area contributed by atoms with Crippen LogP contribution in [0.3, 0.4) is 0 Å². The first kappa shape index (κ1) is 18.0. The van der Waals surface area contributed by atoms with Crippen LogP contribution < -0.4 is 14.8 Å². The van der Waals surface area contributed by atoms with E-state index in [1.165, 1.54) is 6.07 Å². The molecule has 0 bridgehead atoms. The lowest BCUT2D eigenvalue weighted by Gasteiger charge is -2.07. The fourth-order valence-electron chi connectivity index (χ4n) is 1.92. The van der Waals surface area contributed by atoms with Gasteiger partial charge in [0.25, 0.3) is 11.8 Å². The maximum absolute atomic E-state index is 11.9. The molecule has 1 heterocycles. The van der Waals surface area contributed by atoms with E-state index in [9.17, 15) is 4.79 Å². The number of para-hydroxylation sites is 1. The summed E-state index contributed by atoms with van der Waals surface area (Å²) in [5, 5.41) is 10.7. The first-order valence-corrected chi connectivity index (χ1v) is 8.23. The predicted octanol–water partition coefficient (Wildman–Crippen LogP) is 3.97. The van der Waals surface area contributed by atoms with Gasteiger partial charge in [0.2, 0.25) is 0 Å². The van der Waals surface area contributed by atoms with Gasteiger partial charge < -0.3 is 13.9 Å². The number of hydrogen-bond donors (Lipinski definition) is 1. The molecule has 3 rings (SSSR count). The van der Waals surface area contributed by atoms with E-state index in [0.717, 1.165) is 0 Å². The van der Waals surface area contributed by atoms with Gasteiger partial charge in [-0.15, -0.1) is 5.10 Å². The number of halogens is 2. The maximum Gasteiger partial charge on any atom is 0.322 e. The summed E-state index contributed by atoms with van der Waals surface area (Å²) in [5.74, 6) is 0.763. The van der Waals surface area contributed by atoms with E-state index in [-0.39, 0.29) is 25.1 Å². The van der Waals surface area contributed by atoms with E-state index in [4.69, 9.17) is 37.1 Å². The van der Waals surface area contributed by atoms with Gasteiger partial charge >= 0.3 is 6.01 Å². The zero-order chi connectivity index (χ0) is 18.4. The fraction of sp³-hybridized carbons (Fsp3) is 0.118. The van der Waals surface area contributed by atoms with E-state index < -0.39 is 5.91 Å². The highest BCUT2D eigenvalue weighted by Gasteiger charge is 2.12. The van der Waals surface area contributed by atoms with Gasteiger partial charge in [0.15, 0.2) is 13.2 Å². The van der Waals surface area contributed by atoms with Crippen LogP contribution in [0.15, 0.2) is 52.9 Å². The highest BCUT2D eigenvalue weighted by molar-refractivity contribution is 6.35. The molecule has 0 unspecified atom stereocenters. The monoisotopic (exact) mass is 393 g/mol. The van der Waals surface area contributed by atoms with Crippen molar-refractivity contribution in [1.82, 2.24) is 10.2 Å². The largest absolute Gasteiger partial charge is 0.484 e. The van der Waals surface area contributed by atoms with Gasteiger partial charge in [-0.05, 0) is 30.3 Å². The van der Waals surface area contributed by atoms with Gasteiger partial charge in [-0.1, -0.05) is 46.5 Å². The Balaban J connectivity index is 1.48. The fourth-order valence-corrected chi connectivity index (χ4v) is 2.38. The average Bonchev–Trinajstić information content (AvgIpc) is 3.07. The van der Waals surface area contributed by atoms with Gasteiger partial charge in [-0.3, -0.25) is 10.1 Å². The molecule has 26 heavy (non-hydrogen) atoms. The quantitative estimate of drug-likeness (QED) is 0.653. The number of nitrogens with one attached hydrogen (secondary N) is 1. The number of aromatic nitrogens is 2. The Morgan fingerprint density at radius 2 is 1.88 bits per heavy atom. The third-order valence-corrected chi connectivity index (χ3v) is 3.60. The molecule has 2 aromatic carbocycles. The molecular formula is C17H13Cl2N3O4. The number of carbonyl (C=O) groups is 1. The molecule has 0 radical (unpaired) electrons. The Bertz CT molecular complexity index is 887. The number of nitrogens with zero attached hydrogens (tertiary/aromatic N) is 2. The highest BCUT2D eigenvalue weighted by Crippen LogP contribution is 2.27. The van der Waals surface area contributed by atoms with Crippen LogP contribution in [0.25, 0.3) is 0 Å². The molecule has 0 saturated heterocycles. The number of rotatable bonds is 7. The molecule has 0 fully saturated rings. The molecule has 1 amide bonds. The summed E-state index contributed by atoms with van der Waals surface area (Å²) < 4.78 is 16.1. The molecule has 0 aliphatic heterocycles. The van der Waals surface area contributed by atoms with Crippen LogP contribution in [0.5, 0.6) is 11.5 Å². The molecule has 1 N–H and O–H groups in total. The SMILES string of the molecule is O=C(COc1ccc(Cl)cc1Cl)Nc1nnc(COc2ccccc2)o1. The van der Waals surface area contributed by atoms with Crippen molar-refractivity contribution < 1.29 is 18.7 Å². The Kier molecular flexibility index (Phi) is 5.93. The van der Waals surface area contributed by atoms with Crippen LogP contribution >= 0.6 is 23.2 Å². The number of amides is 1. The molecule has 0 aliphatic rings. The Morgan fingerprint density at radius 3 is 2.65 bits per heavy atom. The van der Waals surface area contributed by atoms with E-state index in [1.807, 2.05) is 18.2 Å². The van der Waals surface area contributed by atoms with Crippen molar-refractivity contribution in [2.75, 3.05) is 11.9 Å². The molecule has 9 heteroatoms. The molecule has 3 aromatic rings. The normalized spacial score (nSPS) is 10.4. The second kappa shape index (κ2) is 8.55. The van der Waals surface area contributed by atoms with Crippen molar-refractivity contribution in [3.05, 3.63) is 64.5 Å². The Morgan fingerprint density at radius 1 is 1.08 bits per heavy atom. The van der Waals surface area contributed by atoms with Crippen molar-refractivity contribution in [3.8, 4) is 11.5 Å². The van der Waals surface area contributed by atoms with Crippen molar-refractivity contribution >= 4 is 35.1 Å². The van der Waals surface area contributed by atoms with Crippen molar-refractivity contribution in [2.45, 2.75) is 6.61 Å². The molecule has 134 valence electrons. The number of ether oxygens (including phenoxy) is 2. The molecular weight excluding hydrogens is 381 g/mol. The summed E-state index contributed by atoms with van der Waals surface area (Å²) in [6, 6.07) is 13.8. The summed E-state index contributed by atoms with van der Waals surface area (Å²) >= 11 is 11.8. The van der Waals surface area contributed by atoms with Crippen LogP contribution in [-0.2, 0) is 11.4 Å². The molecule has 7 nitrogen and oxygen atoms in total. The second-order valence-corrected chi connectivity index (χ2v) is 5.86. The van der Waals surface area contributed by atoms with Crippen LogP contribution in [0, 0.1) is 0 Å². The minimum atomic E-state index is -0.477. The van der Waals surface area contributed by atoms with Crippen LogP contribution in [0.2, 0.25) is 10.0 Å². The third kappa shape index (κ3) is 5.11. The zero-order valence-corrected chi connectivity index (χ0v) is 14.8. The van der Waals surface area contributed by atoms with Gasteiger partial charge in [-0.2, -0.15) is 0 Å². The third-order valence-electron chi connectivity index (χ3n) is 3.07. The molecule has 0 aliphatic carbocycles. The number of benzene rings is 2. The highest BCUT2D eigenvalue weighted by atomic mass is 35.5. The summed E-state index contributed by atoms with van der Waals surface area (Å²) in [7, 11) is 0. The Hall–Kier alpha value is -2.77. The predicted molar refractivity (Wildman–Crippen MR) is 95.7 cm³/mol. The first-order valence-electron chi connectivity index (χ1n) is 7.48. The standard InChI is InChI=1S/C17H13Cl2N3O4/c18-11-6-7-14(13(19)8-11)25-9-15(23)20-17-22-21-16(26-17)10-24-12-4-2-1-3-5-12/h1-8H,9-10H2,(H,20,22,23). The lowest BCUT2D eigenvalue weighted by atomic mass is 10.3. The maximum atomic E-state index is 11.9. The lowest BCUT2D eigenvalue weighted by Crippen LogP contribution is -2.20. The minimum Gasteiger partial charge on any atom is -0.484 e. The van der Waals surface area contributed by atoms with Crippen LogP contribution in [0.1, 0.15) is 5.89 Å². The Labute approximate surface area is 158 Å².